The van der Waals surface area contributed by atoms with Crippen LogP contribution < -0.4 is 5.43 Å². The lowest BCUT2D eigenvalue weighted by Crippen LogP contribution is -2.20. The number of thioether (sulfide) groups is 1. The number of hydrogen-bond acceptors (Lipinski definition) is 5. The highest BCUT2D eigenvalue weighted by Crippen LogP contribution is 2.28. The molecule has 0 saturated heterocycles. The van der Waals surface area contributed by atoms with Crippen molar-refractivity contribution in [3.05, 3.63) is 95.0 Å². The summed E-state index contributed by atoms with van der Waals surface area (Å²) in [6, 6.07) is 25.4. The van der Waals surface area contributed by atoms with E-state index in [0.29, 0.717) is 16.0 Å². The molecular weight excluding hydrogens is 478 g/mol. The molecule has 0 aliphatic carbocycles. The quantitative estimate of drug-likeness (QED) is 0.187. The molecule has 6 nitrogen and oxygen atoms in total. The zero-order valence-electron chi connectivity index (χ0n) is 19.8. The highest BCUT2D eigenvalue weighted by molar-refractivity contribution is 7.99. The fourth-order valence-corrected chi connectivity index (χ4v) is 4.24. The van der Waals surface area contributed by atoms with E-state index in [2.05, 4.69) is 53.6 Å². The Balaban J connectivity index is 1.44. The number of aromatic nitrogens is 3. The van der Waals surface area contributed by atoms with Crippen LogP contribution in [0.25, 0.3) is 17.1 Å². The lowest BCUT2D eigenvalue weighted by atomic mass is 9.87. The maximum atomic E-state index is 12.4. The normalized spacial score (nSPS) is 11.7. The zero-order chi connectivity index (χ0) is 24.8. The number of hydrazone groups is 1. The van der Waals surface area contributed by atoms with Crippen molar-refractivity contribution in [1.82, 2.24) is 20.2 Å². The molecule has 0 radical (unpaired) electrons. The summed E-state index contributed by atoms with van der Waals surface area (Å²) in [5.41, 5.74) is 6.63. The minimum absolute atomic E-state index is 0.0921. The maximum Gasteiger partial charge on any atom is 0.250 e. The second-order valence-electron chi connectivity index (χ2n) is 8.94. The summed E-state index contributed by atoms with van der Waals surface area (Å²) in [5, 5.41) is 14.1. The molecule has 4 aromatic rings. The van der Waals surface area contributed by atoms with Gasteiger partial charge in [-0.05, 0) is 52.9 Å². The van der Waals surface area contributed by atoms with Crippen LogP contribution in [0.1, 0.15) is 31.9 Å². The van der Waals surface area contributed by atoms with Gasteiger partial charge in [-0.25, -0.2) is 5.43 Å². The monoisotopic (exact) mass is 503 g/mol. The molecule has 3 aromatic carbocycles. The van der Waals surface area contributed by atoms with Crippen molar-refractivity contribution in [2.24, 2.45) is 5.10 Å². The molecule has 1 aromatic heterocycles. The predicted octanol–water partition coefficient (Wildman–Crippen LogP) is 6.13. The van der Waals surface area contributed by atoms with Crippen LogP contribution in [0.4, 0.5) is 0 Å². The number of benzene rings is 3. The first-order valence-electron chi connectivity index (χ1n) is 11.1. The van der Waals surface area contributed by atoms with Crippen LogP contribution in [0.3, 0.4) is 0 Å². The van der Waals surface area contributed by atoms with Crippen molar-refractivity contribution < 1.29 is 4.79 Å². The molecule has 0 spiro atoms. The van der Waals surface area contributed by atoms with Gasteiger partial charge in [0.05, 0.1) is 12.0 Å². The van der Waals surface area contributed by atoms with Gasteiger partial charge in [-0.1, -0.05) is 86.6 Å². The van der Waals surface area contributed by atoms with Gasteiger partial charge in [0.25, 0.3) is 5.91 Å². The van der Waals surface area contributed by atoms with E-state index < -0.39 is 0 Å². The molecule has 8 heteroatoms. The topological polar surface area (TPSA) is 72.2 Å². The van der Waals surface area contributed by atoms with Gasteiger partial charge < -0.3 is 0 Å². The van der Waals surface area contributed by atoms with Gasteiger partial charge in [0, 0.05) is 16.3 Å². The Hall–Kier alpha value is -3.42. The van der Waals surface area contributed by atoms with Crippen molar-refractivity contribution in [1.29, 1.82) is 0 Å². The van der Waals surface area contributed by atoms with E-state index in [9.17, 15) is 4.79 Å². The summed E-state index contributed by atoms with van der Waals surface area (Å²) in [5.74, 6) is 0.590. The summed E-state index contributed by atoms with van der Waals surface area (Å²) in [7, 11) is 0. The minimum Gasteiger partial charge on any atom is -0.272 e. The van der Waals surface area contributed by atoms with Crippen LogP contribution in [0.5, 0.6) is 0 Å². The van der Waals surface area contributed by atoms with E-state index in [1.165, 1.54) is 17.3 Å². The first-order chi connectivity index (χ1) is 16.8. The maximum absolute atomic E-state index is 12.4. The van der Waals surface area contributed by atoms with Crippen molar-refractivity contribution >= 4 is 35.5 Å². The second kappa shape index (κ2) is 10.9. The summed E-state index contributed by atoms with van der Waals surface area (Å²) in [6.07, 6.45) is 1.64. The number of para-hydroxylation sites is 1. The zero-order valence-corrected chi connectivity index (χ0v) is 21.3. The molecule has 0 bridgehead atoms. The summed E-state index contributed by atoms with van der Waals surface area (Å²) in [4.78, 5) is 12.4. The van der Waals surface area contributed by atoms with Crippen LogP contribution in [0.15, 0.2) is 89.1 Å². The lowest BCUT2D eigenvalue weighted by Gasteiger charge is -2.18. The van der Waals surface area contributed by atoms with Gasteiger partial charge in [0.1, 0.15) is 0 Å². The van der Waals surface area contributed by atoms with Crippen molar-refractivity contribution in [2.45, 2.75) is 31.3 Å². The Morgan fingerprint density at radius 1 is 1.00 bits per heavy atom. The third-order valence-corrected chi connectivity index (χ3v) is 6.44. The molecule has 4 rings (SSSR count). The Kier molecular flexibility index (Phi) is 7.68. The van der Waals surface area contributed by atoms with Crippen molar-refractivity contribution in [2.75, 3.05) is 5.75 Å². The highest BCUT2D eigenvalue weighted by atomic mass is 35.5. The SMILES string of the molecule is CC(C)(C)c1ccc(C=NNC(=O)CSc2nnc(-c3ccc(Cl)cc3)n2-c2ccccc2)cc1. The van der Waals surface area contributed by atoms with Gasteiger partial charge in [0.15, 0.2) is 11.0 Å². The first-order valence-corrected chi connectivity index (χ1v) is 12.5. The van der Waals surface area contributed by atoms with E-state index in [0.717, 1.165) is 16.8 Å². The molecule has 178 valence electrons. The number of carbonyl (C=O) groups excluding carboxylic acids is 1. The van der Waals surface area contributed by atoms with Crippen LogP contribution in [-0.2, 0) is 10.2 Å². The Labute approximate surface area is 214 Å². The van der Waals surface area contributed by atoms with E-state index in [1.807, 2.05) is 71.3 Å². The highest BCUT2D eigenvalue weighted by Gasteiger charge is 2.17. The third-order valence-electron chi connectivity index (χ3n) is 5.26. The molecule has 0 saturated carbocycles. The molecule has 1 heterocycles. The van der Waals surface area contributed by atoms with Gasteiger partial charge in [-0.3, -0.25) is 9.36 Å². The smallest absolute Gasteiger partial charge is 0.250 e. The summed E-state index contributed by atoms with van der Waals surface area (Å²) >= 11 is 7.35. The number of amides is 1. The average Bonchev–Trinajstić information content (AvgIpc) is 3.27. The molecule has 0 fully saturated rings. The molecule has 1 amide bonds. The van der Waals surface area contributed by atoms with E-state index >= 15 is 0 Å². The van der Waals surface area contributed by atoms with Gasteiger partial charge in [0.2, 0.25) is 0 Å². The molecule has 35 heavy (non-hydrogen) atoms. The van der Waals surface area contributed by atoms with Crippen LogP contribution >= 0.6 is 23.4 Å². The Morgan fingerprint density at radius 2 is 1.69 bits per heavy atom. The van der Waals surface area contributed by atoms with E-state index in [-0.39, 0.29) is 17.1 Å². The van der Waals surface area contributed by atoms with Crippen LogP contribution in [0, 0.1) is 0 Å². The fraction of sp³-hybridized carbons (Fsp3) is 0.185. The fourth-order valence-electron chi connectivity index (χ4n) is 3.37. The molecule has 0 unspecified atom stereocenters. The summed E-state index contributed by atoms with van der Waals surface area (Å²) in [6.45, 7) is 6.51. The predicted molar refractivity (Wildman–Crippen MR) is 143 cm³/mol. The second-order valence-corrected chi connectivity index (χ2v) is 10.3. The number of hydrogen-bond donors (Lipinski definition) is 1. The molecule has 0 aliphatic rings. The lowest BCUT2D eigenvalue weighted by molar-refractivity contribution is -0.118. The number of carbonyl (C=O) groups is 1. The number of nitrogens with zero attached hydrogens (tertiary/aromatic N) is 4. The molecule has 0 atom stereocenters. The van der Waals surface area contributed by atoms with E-state index in [4.69, 9.17) is 11.6 Å². The number of nitrogens with one attached hydrogen (secondary N) is 1. The largest absolute Gasteiger partial charge is 0.272 e. The summed E-state index contributed by atoms with van der Waals surface area (Å²) < 4.78 is 1.93. The minimum atomic E-state index is -0.229. The third kappa shape index (κ3) is 6.38. The Bertz CT molecular complexity index is 1310. The number of halogens is 1. The van der Waals surface area contributed by atoms with Crippen LogP contribution in [0.2, 0.25) is 5.02 Å². The first kappa shape index (κ1) is 24.7. The molecule has 0 aliphatic heterocycles. The average molecular weight is 504 g/mol. The van der Waals surface area contributed by atoms with E-state index in [1.54, 1.807) is 6.21 Å². The van der Waals surface area contributed by atoms with Gasteiger partial charge >= 0.3 is 0 Å². The number of rotatable bonds is 7. The van der Waals surface area contributed by atoms with Gasteiger partial charge in [-0.2, -0.15) is 5.10 Å². The van der Waals surface area contributed by atoms with Crippen molar-refractivity contribution in [3.8, 4) is 17.1 Å². The Morgan fingerprint density at radius 3 is 2.34 bits per heavy atom. The van der Waals surface area contributed by atoms with Gasteiger partial charge in [-0.15, -0.1) is 10.2 Å². The van der Waals surface area contributed by atoms with Crippen molar-refractivity contribution in [3.63, 3.8) is 0 Å². The molecular formula is C27H26ClN5OS. The molecule has 1 N–H and O–H groups in total. The standard InChI is InChI=1S/C27H26ClN5OS/c1-27(2,3)21-13-9-19(10-14-21)17-29-30-24(34)18-35-26-32-31-25(20-11-15-22(28)16-12-20)33(26)23-7-5-4-6-8-23/h4-17H,18H2,1-3H3,(H,30,34). The van der Waals surface area contributed by atoms with Crippen LogP contribution in [-0.4, -0.2) is 32.6 Å².